The second-order valence-corrected chi connectivity index (χ2v) is 14.7. The molecule has 6 nitrogen and oxygen atoms in total. The van der Waals surface area contributed by atoms with Gasteiger partial charge in [0.05, 0.1) is 9.79 Å². The van der Waals surface area contributed by atoms with E-state index in [0.29, 0.717) is 11.3 Å². The van der Waals surface area contributed by atoms with E-state index in [1.54, 1.807) is 42.1 Å². The van der Waals surface area contributed by atoms with Crippen LogP contribution in [0.4, 0.5) is 0 Å². The monoisotopic (exact) mass is 633 g/mol. The summed E-state index contributed by atoms with van der Waals surface area (Å²) >= 11 is 0. The summed E-state index contributed by atoms with van der Waals surface area (Å²) in [5.41, 5.74) is 6.06. The topological polar surface area (TPSA) is 82.4 Å². The molecule has 230 valence electrons. The molecule has 2 aliphatic rings. The Kier molecular flexibility index (Phi) is 14.3. The van der Waals surface area contributed by atoms with Crippen molar-refractivity contribution < 1.29 is 21.6 Å². The summed E-state index contributed by atoms with van der Waals surface area (Å²) in [5, 5.41) is 0. The van der Waals surface area contributed by atoms with Crippen LogP contribution >= 0.6 is 10.7 Å². The van der Waals surface area contributed by atoms with Crippen LogP contribution in [0.3, 0.4) is 0 Å². The third kappa shape index (κ3) is 11.6. The first-order valence-electron chi connectivity index (χ1n) is 14.2. The number of ether oxygens (including phenoxy) is 1. The standard InChI is InChI=1S/C14H17NO2S.C8H9ClO2S.C7H10.C4H8O/c1-4-13-6-5-7-15(13)18(16,17)14-9-11(2)8-12(3)10-14;1-6-3-7(2)5-8(4-6)12(9,10)11;1-2-7-5-3-4-6-7;1-2-4-5-3-1/h5-10H,4H2,1-3H3;3-5H,1-2H3;3-5H,2,6H2,1H3;1-4H2. The highest BCUT2D eigenvalue weighted by molar-refractivity contribution is 8.13. The van der Waals surface area contributed by atoms with Gasteiger partial charge in [0.1, 0.15) is 0 Å². The first-order valence-corrected chi connectivity index (χ1v) is 18.0. The first-order chi connectivity index (χ1) is 19.8. The molecule has 0 atom stereocenters. The number of allylic oxidation sites excluding steroid dienone is 4. The minimum absolute atomic E-state index is 0.168. The maximum Gasteiger partial charge on any atom is 0.267 e. The summed E-state index contributed by atoms with van der Waals surface area (Å²) in [7, 11) is -1.87. The fourth-order valence-electron chi connectivity index (χ4n) is 4.44. The fourth-order valence-corrected chi connectivity index (χ4v) is 6.99. The molecule has 0 unspecified atom stereocenters. The van der Waals surface area contributed by atoms with Crippen molar-refractivity contribution in [3.63, 3.8) is 0 Å². The molecule has 42 heavy (non-hydrogen) atoms. The Hall–Kier alpha value is -2.65. The second kappa shape index (κ2) is 16.8. The predicted octanol–water partition coefficient (Wildman–Crippen LogP) is 8.21. The number of rotatable bonds is 5. The first kappa shape index (κ1) is 35.5. The van der Waals surface area contributed by atoms with Crippen molar-refractivity contribution in [1.82, 2.24) is 3.97 Å². The average molecular weight is 634 g/mol. The van der Waals surface area contributed by atoms with Crippen LogP contribution in [-0.2, 0) is 30.2 Å². The van der Waals surface area contributed by atoms with Crippen LogP contribution in [0, 0.1) is 27.7 Å². The molecule has 1 aliphatic heterocycles. The Morgan fingerprint density at radius 1 is 0.786 bits per heavy atom. The lowest BCUT2D eigenvalue weighted by Crippen LogP contribution is -2.14. The van der Waals surface area contributed by atoms with Crippen LogP contribution in [-0.4, -0.2) is 34.0 Å². The summed E-state index contributed by atoms with van der Waals surface area (Å²) < 4.78 is 53.2. The summed E-state index contributed by atoms with van der Waals surface area (Å²) in [4.78, 5) is 0.521. The lowest BCUT2D eigenvalue weighted by Gasteiger charge is -2.10. The lowest BCUT2D eigenvalue weighted by molar-refractivity contribution is 0.198. The van der Waals surface area contributed by atoms with Gasteiger partial charge in [0.25, 0.3) is 19.1 Å². The SMILES string of the molecule is C1CCOC1.CCC1=CC=CC1.CCc1cccn1S(=O)(=O)c1cc(C)cc(C)c1.Cc1cc(C)cc(S(=O)(=O)Cl)c1. The molecule has 1 saturated heterocycles. The van der Waals surface area contributed by atoms with Gasteiger partial charge in [0.15, 0.2) is 0 Å². The van der Waals surface area contributed by atoms with Crippen LogP contribution in [0.1, 0.15) is 67.5 Å². The van der Waals surface area contributed by atoms with Gasteiger partial charge in [0, 0.05) is 35.8 Å². The van der Waals surface area contributed by atoms with Crippen molar-refractivity contribution in [3.05, 3.63) is 106 Å². The Balaban J connectivity index is 0.000000219. The summed E-state index contributed by atoms with van der Waals surface area (Å²) in [5.74, 6) is 0. The number of nitrogens with zero attached hydrogens (tertiary/aromatic N) is 1. The molecule has 2 heterocycles. The van der Waals surface area contributed by atoms with Gasteiger partial charge in [-0.25, -0.2) is 20.8 Å². The van der Waals surface area contributed by atoms with Gasteiger partial charge in [-0.15, -0.1) is 0 Å². The van der Waals surface area contributed by atoms with Crippen molar-refractivity contribution in [1.29, 1.82) is 0 Å². The van der Waals surface area contributed by atoms with Crippen molar-refractivity contribution >= 4 is 29.8 Å². The van der Waals surface area contributed by atoms with E-state index in [-0.39, 0.29) is 4.90 Å². The fraction of sp³-hybridized carbons (Fsp3) is 0.394. The minimum atomic E-state index is -3.58. The molecule has 5 rings (SSSR count). The molecule has 0 spiro atoms. The van der Waals surface area contributed by atoms with E-state index in [0.717, 1.165) is 41.2 Å². The van der Waals surface area contributed by atoms with Gasteiger partial charge < -0.3 is 4.74 Å². The molecule has 0 amide bonds. The van der Waals surface area contributed by atoms with Crippen molar-refractivity contribution in [3.8, 4) is 0 Å². The third-order valence-corrected chi connectivity index (χ3v) is 9.55. The number of halogens is 1. The molecular weight excluding hydrogens is 590 g/mol. The largest absolute Gasteiger partial charge is 0.381 e. The van der Waals surface area contributed by atoms with Gasteiger partial charge >= 0.3 is 0 Å². The van der Waals surface area contributed by atoms with Gasteiger partial charge in [-0.2, -0.15) is 0 Å². The second-order valence-electron chi connectivity index (χ2n) is 10.4. The molecule has 1 fully saturated rings. The number of aryl methyl sites for hydroxylation is 5. The van der Waals surface area contributed by atoms with Crippen molar-refractivity contribution in [2.45, 2.75) is 83.4 Å². The smallest absolute Gasteiger partial charge is 0.267 e. The normalized spacial score (nSPS) is 14.1. The molecule has 9 heteroatoms. The molecule has 3 aromatic rings. The van der Waals surface area contributed by atoms with Gasteiger partial charge in [0.2, 0.25) is 0 Å². The van der Waals surface area contributed by atoms with Crippen LogP contribution < -0.4 is 0 Å². The molecular formula is C33H44ClNO5S2. The Labute approximate surface area is 257 Å². The zero-order valence-corrected chi connectivity index (χ0v) is 27.9. The van der Waals surface area contributed by atoms with Crippen LogP contribution in [0.15, 0.2) is 88.3 Å². The van der Waals surface area contributed by atoms with E-state index in [1.807, 2.05) is 52.8 Å². The Bertz CT molecular complexity index is 1530. The zero-order valence-electron chi connectivity index (χ0n) is 25.6. The Morgan fingerprint density at radius 2 is 1.31 bits per heavy atom. The van der Waals surface area contributed by atoms with Crippen LogP contribution in [0.25, 0.3) is 0 Å². The molecule has 0 bridgehead atoms. The number of hydrogen-bond donors (Lipinski definition) is 0. The maximum absolute atomic E-state index is 12.5. The van der Waals surface area contributed by atoms with E-state index < -0.39 is 19.1 Å². The van der Waals surface area contributed by atoms with Gasteiger partial charge in [-0.1, -0.05) is 49.8 Å². The van der Waals surface area contributed by atoms with E-state index in [9.17, 15) is 16.8 Å². The molecule has 1 aliphatic carbocycles. The van der Waals surface area contributed by atoms with E-state index in [2.05, 4.69) is 25.2 Å². The summed E-state index contributed by atoms with van der Waals surface area (Å²) in [6.07, 6.45) is 13.8. The molecule has 2 aromatic carbocycles. The van der Waals surface area contributed by atoms with Crippen molar-refractivity contribution in [2.75, 3.05) is 13.2 Å². The number of benzene rings is 2. The summed E-state index contributed by atoms with van der Waals surface area (Å²) in [6, 6.07) is 14.0. The highest BCUT2D eigenvalue weighted by Gasteiger charge is 2.19. The highest BCUT2D eigenvalue weighted by Crippen LogP contribution is 2.20. The van der Waals surface area contributed by atoms with Crippen molar-refractivity contribution in [2.24, 2.45) is 0 Å². The molecule has 0 N–H and O–H groups in total. The molecule has 0 radical (unpaired) electrons. The van der Waals surface area contributed by atoms with Gasteiger partial charge in [-0.05, 0) is 118 Å². The summed E-state index contributed by atoms with van der Waals surface area (Å²) in [6.45, 7) is 13.6. The van der Waals surface area contributed by atoms with E-state index >= 15 is 0 Å². The quantitative estimate of drug-likeness (QED) is 0.264. The minimum Gasteiger partial charge on any atom is -0.381 e. The number of hydrogen-bond acceptors (Lipinski definition) is 5. The zero-order chi connectivity index (χ0) is 31.3. The highest BCUT2D eigenvalue weighted by atomic mass is 35.7. The Morgan fingerprint density at radius 3 is 1.67 bits per heavy atom. The maximum atomic E-state index is 12.5. The predicted molar refractivity (Wildman–Crippen MR) is 173 cm³/mol. The van der Waals surface area contributed by atoms with Crippen LogP contribution in [0.5, 0.6) is 0 Å². The molecule has 1 aromatic heterocycles. The molecule has 0 saturated carbocycles. The number of aromatic nitrogens is 1. The van der Waals surface area contributed by atoms with Gasteiger partial charge in [-0.3, -0.25) is 0 Å². The lowest BCUT2D eigenvalue weighted by atomic mass is 10.2. The van der Waals surface area contributed by atoms with Crippen LogP contribution in [0.2, 0.25) is 0 Å². The van der Waals surface area contributed by atoms with E-state index in [4.69, 9.17) is 15.4 Å². The van der Waals surface area contributed by atoms with E-state index in [1.165, 1.54) is 29.7 Å². The average Bonchev–Trinajstić information content (AvgIpc) is 3.72. The third-order valence-electron chi connectivity index (χ3n) is 6.51.